The molecule has 1 fully saturated rings. The lowest BCUT2D eigenvalue weighted by molar-refractivity contribution is 0.0405. The molecule has 2 nitrogen and oxygen atoms in total. The molecule has 0 atom stereocenters. The standard InChI is InChI=1S/C15H31NO/c1-4-15(5-2,13-17)12-16(6-3)14-10-8-7-9-11-14/h14,17H,4-13H2,1-3H3. The zero-order chi connectivity index (χ0) is 12.7. The topological polar surface area (TPSA) is 23.5 Å². The monoisotopic (exact) mass is 241 g/mol. The largest absolute Gasteiger partial charge is 0.396 e. The van der Waals surface area contributed by atoms with Crippen LogP contribution in [0, 0.1) is 5.41 Å². The summed E-state index contributed by atoms with van der Waals surface area (Å²) in [5.74, 6) is 0. The van der Waals surface area contributed by atoms with Crippen molar-refractivity contribution in [2.24, 2.45) is 5.41 Å². The van der Waals surface area contributed by atoms with Crippen LogP contribution >= 0.6 is 0 Å². The summed E-state index contributed by atoms with van der Waals surface area (Å²) in [5.41, 5.74) is 0.132. The summed E-state index contributed by atoms with van der Waals surface area (Å²) < 4.78 is 0. The fraction of sp³-hybridized carbons (Fsp3) is 1.00. The third kappa shape index (κ3) is 3.96. The van der Waals surface area contributed by atoms with Gasteiger partial charge in [-0.25, -0.2) is 0 Å². The maximum absolute atomic E-state index is 9.69. The Balaban J connectivity index is 2.59. The van der Waals surface area contributed by atoms with Gasteiger partial charge in [0.05, 0.1) is 0 Å². The van der Waals surface area contributed by atoms with Crippen molar-refractivity contribution in [3.63, 3.8) is 0 Å². The van der Waals surface area contributed by atoms with Crippen LogP contribution in [-0.4, -0.2) is 35.7 Å². The molecule has 0 radical (unpaired) electrons. The highest BCUT2D eigenvalue weighted by atomic mass is 16.3. The second kappa shape index (κ2) is 7.38. The van der Waals surface area contributed by atoms with Crippen molar-refractivity contribution in [3.8, 4) is 0 Å². The first-order valence-corrected chi connectivity index (χ1v) is 7.56. The lowest BCUT2D eigenvalue weighted by Gasteiger charge is -2.40. The summed E-state index contributed by atoms with van der Waals surface area (Å²) in [6.07, 6.45) is 9.11. The summed E-state index contributed by atoms with van der Waals surface area (Å²) in [6.45, 7) is 9.25. The number of hydrogen-bond donors (Lipinski definition) is 1. The van der Waals surface area contributed by atoms with Crippen LogP contribution in [0.2, 0.25) is 0 Å². The highest BCUT2D eigenvalue weighted by molar-refractivity contribution is 4.84. The van der Waals surface area contributed by atoms with Gasteiger partial charge in [-0.05, 0) is 32.2 Å². The maximum atomic E-state index is 9.69. The van der Waals surface area contributed by atoms with Crippen LogP contribution < -0.4 is 0 Å². The van der Waals surface area contributed by atoms with E-state index in [1.807, 2.05) is 0 Å². The molecule has 1 rings (SSSR count). The van der Waals surface area contributed by atoms with E-state index in [1.165, 1.54) is 32.1 Å². The highest BCUT2D eigenvalue weighted by Crippen LogP contribution is 2.30. The van der Waals surface area contributed by atoms with E-state index < -0.39 is 0 Å². The van der Waals surface area contributed by atoms with E-state index in [1.54, 1.807) is 0 Å². The number of aliphatic hydroxyl groups is 1. The summed E-state index contributed by atoms with van der Waals surface area (Å²) in [4.78, 5) is 2.63. The molecule has 102 valence electrons. The van der Waals surface area contributed by atoms with Crippen LogP contribution in [-0.2, 0) is 0 Å². The Morgan fingerprint density at radius 2 is 1.65 bits per heavy atom. The van der Waals surface area contributed by atoms with E-state index >= 15 is 0 Å². The van der Waals surface area contributed by atoms with Crippen molar-refractivity contribution in [2.45, 2.75) is 71.8 Å². The zero-order valence-corrected chi connectivity index (χ0v) is 12.0. The van der Waals surface area contributed by atoms with Gasteiger partial charge in [-0.1, -0.05) is 40.0 Å². The Morgan fingerprint density at radius 3 is 2.06 bits per heavy atom. The first-order chi connectivity index (χ1) is 8.21. The lowest BCUT2D eigenvalue weighted by atomic mass is 9.81. The minimum atomic E-state index is 0.132. The molecule has 1 aliphatic rings. The van der Waals surface area contributed by atoms with Crippen molar-refractivity contribution < 1.29 is 5.11 Å². The molecule has 0 aliphatic heterocycles. The minimum Gasteiger partial charge on any atom is -0.396 e. The first-order valence-electron chi connectivity index (χ1n) is 7.56. The Bertz CT molecular complexity index is 187. The molecular formula is C15H31NO. The van der Waals surface area contributed by atoms with Gasteiger partial charge >= 0.3 is 0 Å². The van der Waals surface area contributed by atoms with Crippen LogP contribution in [0.1, 0.15) is 65.7 Å². The molecule has 0 aromatic carbocycles. The van der Waals surface area contributed by atoms with Gasteiger partial charge in [0.1, 0.15) is 0 Å². The third-order valence-electron chi connectivity index (χ3n) is 4.87. The van der Waals surface area contributed by atoms with Gasteiger partial charge in [0.2, 0.25) is 0 Å². The van der Waals surface area contributed by atoms with E-state index in [0.717, 1.165) is 32.0 Å². The molecule has 0 heterocycles. The third-order valence-corrected chi connectivity index (χ3v) is 4.87. The van der Waals surface area contributed by atoms with Gasteiger partial charge < -0.3 is 10.0 Å². The van der Waals surface area contributed by atoms with Gasteiger partial charge in [-0.3, -0.25) is 0 Å². The Hall–Kier alpha value is -0.0800. The highest BCUT2D eigenvalue weighted by Gasteiger charge is 2.30. The van der Waals surface area contributed by atoms with Crippen molar-refractivity contribution in [1.82, 2.24) is 4.90 Å². The van der Waals surface area contributed by atoms with E-state index in [4.69, 9.17) is 0 Å². The fourth-order valence-corrected chi connectivity index (χ4v) is 3.12. The molecule has 0 amide bonds. The second-order valence-corrected chi connectivity index (χ2v) is 5.72. The zero-order valence-electron chi connectivity index (χ0n) is 12.0. The smallest absolute Gasteiger partial charge is 0.0499 e. The molecule has 2 heteroatoms. The van der Waals surface area contributed by atoms with E-state index in [-0.39, 0.29) is 5.41 Å². The second-order valence-electron chi connectivity index (χ2n) is 5.72. The van der Waals surface area contributed by atoms with Gasteiger partial charge in [-0.2, -0.15) is 0 Å². The summed E-state index contributed by atoms with van der Waals surface area (Å²) >= 11 is 0. The maximum Gasteiger partial charge on any atom is 0.0499 e. The minimum absolute atomic E-state index is 0.132. The Morgan fingerprint density at radius 1 is 1.06 bits per heavy atom. The first kappa shape index (κ1) is 15.0. The predicted molar refractivity (Wildman–Crippen MR) is 74.2 cm³/mol. The van der Waals surface area contributed by atoms with Crippen LogP contribution in [0.15, 0.2) is 0 Å². The fourth-order valence-electron chi connectivity index (χ4n) is 3.12. The number of nitrogens with zero attached hydrogens (tertiary/aromatic N) is 1. The predicted octanol–water partition coefficient (Wildman–Crippen LogP) is 3.44. The Labute approximate surface area is 107 Å². The average Bonchev–Trinajstić information content (AvgIpc) is 2.42. The van der Waals surface area contributed by atoms with Crippen LogP contribution in [0.4, 0.5) is 0 Å². The van der Waals surface area contributed by atoms with E-state index in [0.29, 0.717) is 6.61 Å². The molecule has 0 bridgehead atoms. The molecular weight excluding hydrogens is 210 g/mol. The summed E-state index contributed by atoms with van der Waals surface area (Å²) in [7, 11) is 0. The van der Waals surface area contributed by atoms with Crippen LogP contribution in [0.25, 0.3) is 0 Å². The van der Waals surface area contributed by atoms with Gasteiger partial charge in [-0.15, -0.1) is 0 Å². The molecule has 0 aromatic rings. The van der Waals surface area contributed by atoms with E-state index in [9.17, 15) is 5.11 Å². The van der Waals surface area contributed by atoms with Crippen molar-refractivity contribution in [2.75, 3.05) is 19.7 Å². The van der Waals surface area contributed by atoms with Gasteiger partial charge in [0, 0.05) is 24.6 Å². The van der Waals surface area contributed by atoms with Crippen LogP contribution in [0.3, 0.4) is 0 Å². The summed E-state index contributed by atoms with van der Waals surface area (Å²) in [5, 5.41) is 9.69. The van der Waals surface area contributed by atoms with Crippen LogP contribution in [0.5, 0.6) is 0 Å². The molecule has 0 unspecified atom stereocenters. The number of hydrogen-bond acceptors (Lipinski definition) is 2. The Kier molecular flexibility index (Phi) is 6.50. The molecule has 17 heavy (non-hydrogen) atoms. The lowest BCUT2D eigenvalue weighted by Crippen LogP contribution is -2.45. The molecule has 0 spiro atoms. The van der Waals surface area contributed by atoms with Gasteiger partial charge in [0.15, 0.2) is 0 Å². The van der Waals surface area contributed by atoms with Gasteiger partial charge in [0.25, 0.3) is 0 Å². The normalized spacial score (nSPS) is 18.9. The average molecular weight is 241 g/mol. The van der Waals surface area contributed by atoms with E-state index in [2.05, 4.69) is 25.7 Å². The molecule has 1 saturated carbocycles. The SMILES string of the molecule is CCN(CC(CC)(CC)CO)C1CCCCC1. The molecule has 1 N–H and O–H groups in total. The van der Waals surface area contributed by atoms with Crippen molar-refractivity contribution in [1.29, 1.82) is 0 Å². The van der Waals surface area contributed by atoms with Crippen molar-refractivity contribution in [3.05, 3.63) is 0 Å². The summed E-state index contributed by atoms with van der Waals surface area (Å²) in [6, 6.07) is 0.776. The molecule has 0 saturated heterocycles. The number of aliphatic hydroxyl groups excluding tert-OH is 1. The number of rotatable bonds is 7. The van der Waals surface area contributed by atoms with Crippen molar-refractivity contribution >= 4 is 0 Å². The molecule has 1 aliphatic carbocycles. The molecule has 0 aromatic heterocycles. The quantitative estimate of drug-likeness (QED) is 0.738.